The van der Waals surface area contributed by atoms with Gasteiger partial charge in [0.1, 0.15) is 34.6 Å². The van der Waals surface area contributed by atoms with Gasteiger partial charge in [0.2, 0.25) is 0 Å². The Labute approximate surface area is 185 Å². The molecule has 3 aromatic carbocycles. The van der Waals surface area contributed by atoms with Crippen LogP contribution in [-0.4, -0.2) is 6.61 Å². The molecule has 0 amide bonds. The van der Waals surface area contributed by atoms with Gasteiger partial charge in [-0.3, -0.25) is 0 Å². The van der Waals surface area contributed by atoms with Crippen LogP contribution in [0.1, 0.15) is 36.5 Å². The van der Waals surface area contributed by atoms with Gasteiger partial charge in [-0.15, -0.1) is 0 Å². The van der Waals surface area contributed by atoms with E-state index >= 15 is 0 Å². The van der Waals surface area contributed by atoms with E-state index in [0.29, 0.717) is 30.1 Å². The second-order valence-electron chi connectivity index (χ2n) is 7.10. The van der Waals surface area contributed by atoms with Gasteiger partial charge in [-0.1, -0.05) is 37.3 Å². The summed E-state index contributed by atoms with van der Waals surface area (Å²) in [6.07, 6.45) is -3.35. The molecule has 0 saturated heterocycles. The van der Waals surface area contributed by atoms with Crippen LogP contribution in [-0.2, 0) is 6.18 Å². The lowest BCUT2D eigenvalue weighted by molar-refractivity contribution is -0.142. The van der Waals surface area contributed by atoms with Crippen molar-refractivity contribution in [1.29, 1.82) is 0 Å². The Morgan fingerprint density at radius 1 is 0.758 bits per heavy atom. The van der Waals surface area contributed by atoms with E-state index in [4.69, 9.17) is 4.74 Å². The molecule has 0 heterocycles. The lowest BCUT2D eigenvalue weighted by Gasteiger charge is -2.09. The fourth-order valence-corrected chi connectivity index (χ4v) is 2.99. The Balaban J connectivity index is 1.86. The Morgan fingerprint density at radius 2 is 1.33 bits per heavy atom. The first-order valence-corrected chi connectivity index (χ1v) is 9.90. The minimum absolute atomic E-state index is 0.224. The minimum atomic E-state index is -5.23. The highest BCUT2D eigenvalue weighted by atomic mass is 19.4. The van der Waals surface area contributed by atoms with Crippen molar-refractivity contribution in [3.05, 3.63) is 88.5 Å². The normalized spacial score (nSPS) is 11.2. The molecule has 0 aliphatic rings. The molecule has 0 radical (unpaired) electrons. The SMILES string of the molecule is CCCCOc1ccc(-c2cc(F)c(C#Cc3cc(F)c(C(F)(F)F)c(F)c3)c(F)c2)cc1. The summed E-state index contributed by atoms with van der Waals surface area (Å²) in [5.74, 6) is -0.998. The molecule has 0 saturated carbocycles. The van der Waals surface area contributed by atoms with E-state index in [1.165, 1.54) is 0 Å². The van der Waals surface area contributed by atoms with Gasteiger partial charge in [-0.25, -0.2) is 17.6 Å². The van der Waals surface area contributed by atoms with E-state index in [9.17, 15) is 30.7 Å². The molecule has 0 bridgehead atoms. The predicted octanol–water partition coefficient (Wildman–Crippen LogP) is 7.51. The van der Waals surface area contributed by atoms with Gasteiger partial charge in [0.25, 0.3) is 0 Å². The maximum absolute atomic E-state index is 14.5. The monoisotopic (exact) mass is 466 g/mol. The van der Waals surface area contributed by atoms with Gasteiger partial charge in [0, 0.05) is 5.56 Å². The Kier molecular flexibility index (Phi) is 7.32. The van der Waals surface area contributed by atoms with Crippen molar-refractivity contribution in [1.82, 2.24) is 0 Å². The Bertz CT molecular complexity index is 1160. The topological polar surface area (TPSA) is 9.23 Å². The van der Waals surface area contributed by atoms with Crippen molar-refractivity contribution in [2.45, 2.75) is 25.9 Å². The van der Waals surface area contributed by atoms with Crippen LogP contribution in [0.25, 0.3) is 11.1 Å². The maximum Gasteiger partial charge on any atom is 0.422 e. The van der Waals surface area contributed by atoms with Crippen LogP contribution >= 0.6 is 0 Å². The highest BCUT2D eigenvalue weighted by Gasteiger charge is 2.37. The molecule has 3 rings (SSSR count). The van der Waals surface area contributed by atoms with Crippen molar-refractivity contribution >= 4 is 0 Å². The second kappa shape index (κ2) is 9.99. The van der Waals surface area contributed by atoms with Crippen LogP contribution in [0.4, 0.5) is 30.7 Å². The summed E-state index contributed by atoms with van der Waals surface area (Å²) < 4.78 is 99.8. The van der Waals surface area contributed by atoms with Gasteiger partial charge in [0.05, 0.1) is 12.2 Å². The minimum Gasteiger partial charge on any atom is -0.494 e. The quantitative estimate of drug-likeness (QED) is 0.215. The van der Waals surface area contributed by atoms with E-state index in [2.05, 4.69) is 11.8 Å². The summed E-state index contributed by atoms with van der Waals surface area (Å²) in [7, 11) is 0. The molecular formula is C25H17F7O. The van der Waals surface area contributed by atoms with Gasteiger partial charge in [-0.05, 0) is 53.9 Å². The summed E-state index contributed by atoms with van der Waals surface area (Å²) in [6, 6.07) is 9.38. The van der Waals surface area contributed by atoms with Crippen molar-refractivity contribution in [2.24, 2.45) is 0 Å². The molecule has 0 N–H and O–H groups in total. The number of ether oxygens (including phenoxy) is 1. The standard InChI is InChI=1S/C25H17F7O/c1-2-3-10-33-18-7-5-16(6-8-18)17-13-20(26)19(21(27)14-17)9-4-15-11-22(28)24(23(29)12-15)25(30,31)32/h5-8,11-14H,2-3,10H2,1H3. The third kappa shape index (κ3) is 5.86. The molecule has 8 heteroatoms. The highest BCUT2D eigenvalue weighted by Crippen LogP contribution is 2.34. The Hall–Kier alpha value is -3.47. The highest BCUT2D eigenvalue weighted by molar-refractivity contribution is 5.66. The molecule has 0 aliphatic carbocycles. The van der Waals surface area contributed by atoms with Crippen LogP contribution in [0.2, 0.25) is 0 Å². The van der Waals surface area contributed by atoms with E-state index in [1.807, 2.05) is 6.92 Å². The van der Waals surface area contributed by atoms with Crippen molar-refractivity contribution in [3.63, 3.8) is 0 Å². The average molecular weight is 466 g/mol. The predicted molar refractivity (Wildman–Crippen MR) is 110 cm³/mol. The fraction of sp³-hybridized carbons (Fsp3) is 0.200. The van der Waals surface area contributed by atoms with Crippen LogP contribution in [0.5, 0.6) is 5.75 Å². The molecule has 0 atom stereocenters. The van der Waals surface area contributed by atoms with E-state index in [-0.39, 0.29) is 5.56 Å². The number of rotatable bonds is 5. The summed E-state index contributed by atoms with van der Waals surface area (Å²) in [5, 5.41) is 0. The number of alkyl halides is 3. The number of halogens is 7. The maximum atomic E-state index is 14.5. The molecule has 33 heavy (non-hydrogen) atoms. The van der Waals surface area contributed by atoms with Crippen LogP contribution in [0.3, 0.4) is 0 Å². The molecular weight excluding hydrogens is 449 g/mol. The third-order valence-corrected chi connectivity index (χ3v) is 4.65. The molecule has 0 fully saturated rings. The molecule has 1 nitrogen and oxygen atoms in total. The summed E-state index contributed by atoms with van der Waals surface area (Å²) in [6.45, 7) is 2.59. The molecule has 172 valence electrons. The number of unbranched alkanes of at least 4 members (excludes halogenated alkanes) is 1. The largest absolute Gasteiger partial charge is 0.494 e. The average Bonchev–Trinajstić information content (AvgIpc) is 2.72. The third-order valence-electron chi connectivity index (χ3n) is 4.65. The van der Waals surface area contributed by atoms with Gasteiger partial charge in [0.15, 0.2) is 0 Å². The van der Waals surface area contributed by atoms with E-state index < -0.39 is 46.1 Å². The first-order valence-electron chi connectivity index (χ1n) is 9.90. The van der Waals surface area contributed by atoms with Gasteiger partial charge >= 0.3 is 6.18 Å². The lowest BCUT2D eigenvalue weighted by atomic mass is 10.0. The molecule has 0 unspecified atom stereocenters. The van der Waals surface area contributed by atoms with Crippen LogP contribution < -0.4 is 4.74 Å². The molecule has 0 spiro atoms. The smallest absolute Gasteiger partial charge is 0.422 e. The van der Waals surface area contributed by atoms with Crippen LogP contribution in [0, 0.1) is 35.1 Å². The van der Waals surface area contributed by atoms with Gasteiger partial charge < -0.3 is 4.74 Å². The van der Waals surface area contributed by atoms with E-state index in [0.717, 1.165) is 25.0 Å². The number of benzene rings is 3. The van der Waals surface area contributed by atoms with Crippen molar-refractivity contribution < 1.29 is 35.5 Å². The zero-order valence-electron chi connectivity index (χ0n) is 17.3. The number of hydrogen-bond acceptors (Lipinski definition) is 1. The molecule has 3 aromatic rings. The summed E-state index contributed by atoms with van der Waals surface area (Å²) >= 11 is 0. The zero-order valence-corrected chi connectivity index (χ0v) is 17.3. The summed E-state index contributed by atoms with van der Waals surface area (Å²) in [4.78, 5) is 0. The van der Waals surface area contributed by atoms with Crippen molar-refractivity contribution in [3.8, 4) is 28.7 Å². The first kappa shape index (κ1) is 24.2. The second-order valence-corrected chi connectivity index (χ2v) is 7.10. The van der Waals surface area contributed by atoms with E-state index in [1.54, 1.807) is 24.3 Å². The molecule has 0 aliphatic heterocycles. The fourth-order valence-electron chi connectivity index (χ4n) is 2.99. The van der Waals surface area contributed by atoms with Crippen LogP contribution in [0.15, 0.2) is 48.5 Å². The number of hydrogen-bond donors (Lipinski definition) is 0. The first-order chi connectivity index (χ1) is 15.6. The lowest BCUT2D eigenvalue weighted by Crippen LogP contribution is -2.11. The molecule has 0 aromatic heterocycles. The zero-order chi connectivity index (χ0) is 24.2. The van der Waals surface area contributed by atoms with Gasteiger partial charge in [-0.2, -0.15) is 13.2 Å². The summed E-state index contributed by atoms with van der Waals surface area (Å²) in [5.41, 5.74) is -2.50. The Morgan fingerprint density at radius 3 is 1.85 bits per heavy atom. The van der Waals surface area contributed by atoms with Crippen molar-refractivity contribution in [2.75, 3.05) is 6.61 Å².